The van der Waals surface area contributed by atoms with Gasteiger partial charge < -0.3 is 10.8 Å². The molecule has 5 heteroatoms. The second-order valence-corrected chi connectivity index (χ2v) is 4.54. The largest absolute Gasteiger partial charge is 0.391 e. The molecule has 0 saturated carbocycles. The van der Waals surface area contributed by atoms with Gasteiger partial charge in [0.05, 0.1) is 12.1 Å². The average molecular weight is 282 g/mol. The molecule has 17 heavy (non-hydrogen) atoms. The third-order valence-electron chi connectivity index (χ3n) is 2.86. The van der Waals surface area contributed by atoms with Crippen molar-refractivity contribution in [3.05, 3.63) is 34.6 Å². The zero-order chi connectivity index (χ0) is 12.3. The molecule has 3 N–H and O–H groups in total. The molecule has 3 atom stereocenters. The Balaban J connectivity index is 0.00000256. The van der Waals surface area contributed by atoms with Crippen LogP contribution in [0.4, 0.5) is 4.39 Å². The molecule has 1 aromatic carbocycles. The third kappa shape index (κ3) is 4.43. The van der Waals surface area contributed by atoms with E-state index in [0.717, 1.165) is 6.42 Å². The van der Waals surface area contributed by atoms with Gasteiger partial charge >= 0.3 is 0 Å². The number of aliphatic hydroxyl groups is 1. The summed E-state index contributed by atoms with van der Waals surface area (Å²) >= 11 is 5.74. The van der Waals surface area contributed by atoms with E-state index in [1.807, 2.05) is 13.8 Å². The molecule has 0 aliphatic rings. The van der Waals surface area contributed by atoms with Crippen LogP contribution in [0.3, 0.4) is 0 Å². The fraction of sp³-hybridized carbons (Fsp3) is 0.500. The summed E-state index contributed by atoms with van der Waals surface area (Å²) in [7, 11) is 0. The van der Waals surface area contributed by atoms with Crippen LogP contribution in [0.25, 0.3) is 0 Å². The molecule has 1 unspecified atom stereocenters. The highest BCUT2D eigenvalue weighted by atomic mass is 35.5. The Morgan fingerprint density at radius 1 is 1.41 bits per heavy atom. The summed E-state index contributed by atoms with van der Waals surface area (Å²) in [5.74, 6) is -0.369. The topological polar surface area (TPSA) is 46.2 Å². The van der Waals surface area contributed by atoms with Crippen LogP contribution in [0.1, 0.15) is 31.9 Å². The molecule has 1 rings (SSSR count). The van der Waals surface area contributed by atoms with Crippen LogP contribution >= 0.6 is 24.0 Å². The molecule has 0 bridgehead atoms. The van der Waals surface area contributed by atoms with Gasteiger partial charge in [0.15, 0.2) is 0 Å². The first-order valence-electron chi connectivity index (χ1n) is 5.35. The Bertz CT molecular complexity index is 342. The molecule has 0 saturated heterocycles. The van der Waals surface area contributed by atoms with Gasteiger partial charge in [-0.3, -0.25) is 0 Å². The van der Waals surface area contributed by atoms with Crippen LogP contribution < -0.4 is 5.73 Å². The highest BCUT2D eigenvalue weighted by Crippen LogP contribution is 2.24. The number of hydrogen-bond donors (Lipinski definition) is 2. The molecule has 0 aliphatic carbocycles. The smallest absolute Gasteiger partial charge is 0.125 e. The molecule has 0 radical (unpaired) electrons. The maximum Gasteiger partial charge on any atom is 0.125 e. The molecular weight excluding hydrogens is 264 g/mol. The molecule has 0 aliphatic heterocycles. The van der Waals surface area contributed by atoms with Crippen molar-refractivity contribution in [2.45, 2.75) is 32.4 Å². The van der Waals surface area contributed by atoms with Crippen LogP contribution in [0.5, 0.6) is 0 Å². The zero-order valence-corrected chi connectivity index (χ0v) is 11.4. The molecule has 0 fully saturated rings. The Labute approximate surface area is 112 Å². The van der Waals surface area contributed by atoms with Gasteiger partial charge in [0.2, 0.25) is 0 Å². The van der Waals surface area contributed by atoms with Crippen molar-refractivity contribution in [2.24, 2.45) is 11.7 Å². The summed E-state index contributed by atoms with van der Waals surface area (Å²) in [4.78, 5) is 0. The van der Waals surface area contributed by atoms with Gasteiger partial charge in [0.1, 0.15) is 5.82 Å². The van der Waals surface area contributed by atoms with Crippen LogP contribution in [0.15, 0.2) is 18.2 Å². The Kier molecular flexibility index (Phi) is 7.02. The van der Waals surface area contributed by atoms with E-state index in [-0.39, 0.29) is 18.3 Å². The van der Waals surface area contributed by atoms with E-state index in [9.17, 15) is 9.50 Å². The molecule has 1 aromatic rings. The number of nitrogens with two attached hydrogens (primary N) is 1. The van der Waals surface area contributed by atoms with Crippen LogP contribution in [0.2, 0.25) is 5.02 Å². The van der Waals surface area contributed by atoms with Crippen molar-refractivity contribution >= 4 is 24.0 Å². The van der Waals surface area contributed by atoms with Gasteiger partial charge in [-0.25, -0.2) is 4.39 Å². The van der Waals surface area contributed by atoms with Gasteiger partial charge in [-0.1, -0.05) is 31.9 Å². The summed E-state index contributed by atoms with van der Waals surface area (Å²) in [6.07, 6.45) is 0.126. The summed E-state index contributed by atoms with van der Waals surface area (Å²) in [5, 5.41) is 10.2. The van der Waals surface area contributed by atoms with E-state index in [1.54, 1.807) is 6.07 Å². The number of rotatable bonds is 4. The Morgan fingerprint density at radius 3 is 2.47 bits per heavy atom. The molecular formula is C12H18Cl2FNO. The molecule has 0 amide bonds. The van der Waals surface area contributed by atoms with Gasteiger partial charge in [-0.05, 0) is 29.7 Å². The van der Waals surface area contributed by atoms with Gasteiger partial charge in [-0.2, -0.15) is 0 Å². The van der Waals surface area contributed by atoms with E-state index < -0.39 is 18.0 Å². The predicted molar refractivity (Wildman–Crippen MR) is 71.0 cm³/mol. The minimum Gasteiger partial charge on any atom is -0.391 e. The van der Waals surface area contributed by atoms with E-state index in [4.69, 9.17) is 17.3 Å². The van der Waals surface area contributed by atoms with Crippen molar-refractivity contribution in [3.63, 3.8) is 0 Å². The van der Waals surface area contributed by atoms with E-state index in [2.05, 4.69) is 0 Å². The second-order valence-electron chi connectivity index (χ2n) is 4.10. The SMILES string of the molecule is CCC(C)[C@@H](O)[C@@H](N)c1cc(F)cc(Cl)c1.Cl. The van der Waals surface area contributed by atoms with E-state index >= 15 is 0 Å². The summed E-state index contributed by atoms with van der Waals surface area (Å²) in [6, 6.07) is 3.50. The number of benzene rings is 1. The summed E-state index contributed by atoms with van der Waals surface area (Å²) in [6.45, 7) is 3.88. The fourth-order valence-corrected chi connectivity index (χ4v) is 1.79. The Morgan fingerprint density at radius 2 is 2.00 bits per heavy atom. The summed E-state index contributed by atoms with van der Waals surface area (Å²) in [5.41, 5.74) is 6.40. The lowest BCUT2D eigenvalue weighted by Crippen LogP contribution is -2.31. The molecule has 0 spiro atoms. The van der Waals surface area contributed by atoms with Crippen molar-refractivity contribution in [3.8, 4) is 0 Å². The molecule has 0 aromatic heterocycles. The van der Waals surface area contributed by atoms with Gasteiger partial charge in [0, 0.05) is 5.02 Å². The molecule has 0 heterocycles. The van der Waals surface area contributed by atoms with E-state index in [0.29, 0.717) is 10.6 Å². The van der Waals surface area contributed by atoms with Gasteiger partial charge in [-0.15, -0.1) is 12.4 Å². The first kappa shape index (κ1) is 16.6. The first-order valence-corrected chi connectivity index (χ1v) is 5.73. The lowest BCUT2D eigenvalue weighted by molar-refractivity contribution is 0.0879. The highest BCUT2D eigenvalue weighted by Gasteiger charge is 2.22. The van der Waals surface area contributed by atoms with Crippen molar-refractivity contribution < 1.29 is 9.50 Å². The standard InChI is InChI=1S/C12H17ClFNO.ClH/c1-3-7(2)12(16)11(15)8-4-9(13)6-10(14)5-8;/h4-7,11-12,16H,3,15H2,1-2H3;1H/t7?,11-,12+;/m0./s1. The highest BCUT2D eigenvalue weighted by molar-refractivity contribution is 6.30. The Hall–Kier alpha value is -0.350. The quantitative estimate of drug-likeness (QED) is 0.890. The van der Waals surface area contributed by atoms with Crippen LogP contribution in [-0.2, 0) is 0 Å². The van der Waals surface area contributed by atoms with Crippen LogP contribution in [-0.4, -0.2) is 11.2 Å². The number of aliphatic hydroxyl groups excluding tert-OH is 1. The molecule has 98 valence electrons. The minimum absolute atomic E-state index is 0. The number of halogens is 3. The minimum atomic E-state index is -0.692. The van der Waals surface area contributed by atoms with Crippen molar-refractivity contribution in [1.82, 2.24) is 0 Å². The molecule has 2 nitrogen and oxygen atoms in total. The lowest BCUT2D eigenvalue weighted by atomic mass is 9.91. The maximum absolute atomic E-state index is 13.1. The van der Waals surface area contributed by atoms with Crippen molar-refractivity contribution in [2.75, 3.05) is 0 Å². The second kappa shape index (κ2) is 7.17. The fourth-order valence-electron chi connectivity index (χ4n) is 1.56. The van der Waals surface area contributed by atoms with E-state index in [1.165, 1.54) is 12.1 Å². The average Bonchev–Trinajstić information content (AvgIpc) is 2.24. The van der Waals surface area contributed by atoms with Crippen LogP contribution in [0, 0.1) is 11.7 Å². The zero-order valence-electron chi connectivity index (χ0n) is 9.86. The predicted octanol–water partition coefficient (Wildman–Crippen LogP) is 3.31. The maximum atomic E-state index is 13.1. The monoisotopic (exact) mass is 281 g/mol. The number of hydrogen-bond acceptors (Lipinski definition) is 2. The third-order valence-corrected chi connectivity index (χ3v) is 3.08. The summed E-state index contributed by atoms with van der Waals surface area (Å²) < 4.78 is 13.1. The van der Waals surface area contributed by atoms with Crippen molar-refractivity contribution in [1.29, 1.82) is 0 Å². The normalized spacial score (nSPS) is 15.9. The van der Waals surface area contributed by atoms with Gasteiger partial charge in [0.25, 0.3) is 0 Å². The first-order chi connectivity index (χ1) is 7.45. The lowest BCUT2D eigenvalue weighted by Gasteiger charge is -2.24.